The van der Waals surface area contributed by atoms with Crippen LogP contribution in [0.2, 0.25) is 0 Å². The van der Waals surface area contributed by atoms with Crippen LogP contribution in [0.3, 0.4) is 0 Å². The quantitative estimate of drug-likeness (QED) is 0.559. The van der Waals surface area contributed by atoms with Crippen molar-refractivity contribution in [3.8, 4) is 5.75 Å². The predicted octanol–water partition coefficient (Wildman–Crippen LogP) is 2.99. The van der Waals surface area contributed by atoms with Crippen molar-refractivity contribution in [3.63, 3.8) is 0 Å². The van der Waals surface area contributed by atoms with Gasteiger partial charge in [0, 0.05) is 5.56 Å². The van der Waals surface area contributed by atoms with E-state index in [1.807, 2.05) is 26.8 Å². The summed E-state index contributed by atoms with van der Waals surface area (Å²) < 4.78 is 5.24. The van der Waals surface area contributed by atoms with Gasteiger partial charge in [0.25, 0.3) is 0 Å². The Balaban J connectivity index is 3.49. The van der Waals surface area contributed by atoms with Crippen molar-refractivity contribution in [1.82, 2.24) is 0 Å². The van der Waals surface area contributed by atoms with Gasteiger partial charge in [-0.1, -0.05) is 6.58 Å². The van der Waals surface area contributed by atoms with Crippen molar-refractivity contribution in [2.45, 2.75) is 20.8 Å². The zero-order valence-electron chi connectivity index (χ0n) is 9.68. The fraction of sp³-hybridized carbons (Fsp3) is 0.308. The van der Waals surface area contributed by atoms with Crippen LogP contribution < -0.4 is 4.74 Å². The lowest BCUT2D eigenvalue weighted by molar-refractivity contribution is 0.104. The van der Waals surface area contributed by atoms with Crippen LogP contribution in [0.4, 0.5) is 0 Å². The second-order valence-electron chi connectivity index (χ2n) is 3.59. The van der Waals surface area contributed by atoms with Crippen molar-refractivity contribution in [1.29, 1.82) is 0 Å². The maximum atomic E-state index is 11.6. The standard InChI is InChI=1S/C13H16O2/c1-6-11(14)13-8(2)7-12(15-5)9(3)10(13)4/h6-7H,1H2,2-5H3. The summed E-state index contributed by atoms with van der Waals surface area (Å²) in [5, 5.41) is 0. The number of ether oxygens (including phenoxy) is 1. The Morgan fingerprint density at radius 1 is 1.33 bits per heavy atom. The molecule has 0 amide bonds. The first-order valence-electron chi connectivity index (χ1n) is 4.84. The molecule has 0 fully saturated rings. The molecule has 1 aromatic rings. The van der Waals surface area contributed by atoms with E-state index in [1.165, 1.54) is 6.08 Å². The molecule has 0 heterocycles. The van der Waals surface area contributed by atoms with Gasteiger partial charge in [0.15, 0.2) is 5.78 Å². The summed E-state index contributed by atoms with van der Waals surface area (Å²) in [4.78, 5) is 11.6. The van der Waals surface area contributed by atoms with Crippen LogP contribution in [0.5, 0.6) is 5.75 Å². The Labute approximate surface area is 90.6 Å². The lowest BCUT2D eigenvalue weighted by atomic mass is 9.94. The van der Waals surface area contributed by atoms with E-state index in [-0.39, 0.29) is 5.78 Å². The molecule has 80 valence electrons. The van der Waals surface area contributed by atoms with Gasteiger partial charge in [-0.2, -0.15) is 0 Å². The third kappa shape index (κ3) is 1.94. The van der Waals surface area contributed by atoms with Gasteiger partial charge in [-0.15, -0.1) is 0 Å². The summed E-state index contributed by atoms with van der Waals surface area (Å²) in [6.07, 6.45) is 1.35. The van der Waals surface area contributed by atoms with Gasteiger partial charge >= 0.3 is 0 Å². The maximum absolute atomic E-state index is 11.6. The highest BCUT2D eigenvalue weighted by Gasteiger charge is 2.14. The topological polar surface area (TPSA) is 26.3 Å². The van der Waals surface area contributed by atoms with Gasteiger partial charge in [0.05, 0.1) is 7.11 Å². The Bertz CT molecular complexity index is 417. The van der Waals surface area contributed by atoms with E-state index in [0.717, 1.165) is 28.0 Å². The largest absolute Gasteiger partial charge is 0.496 e. The first-order valence-corrected chi connectivity index (χ1v) is 4.84. The third-order valence-electron chi connectivity index (χ3n) is 2.70. The van der Waals surface area contributed by atoms with Crippen LogP contribution >= 0.6 is 0 Å². The summed E-state index contributed by atoms with van der Waals surface area (Å²) in [5.74, 6) is 0.793. The SMILES string of the molecule is C=CC(=O)c1c(C)cc(OC)c(C)c1C. The first kappa shape index (κ1) is 11.5. The molecule has 1 rings (SSSR count). The molecule has 0 atom stereocenters. The van der Waals surface area contributed by atoms with Gasteiger partial charge in [-0.3, -0.25) is 4.79 Å². The molecule has 0 spiro atoms. The van der Waals surface area contributed by atoms with E-state index in [1.54, 1.807) is 7.11 Å². The van der Waals surface area contributed by atoms with Crippen LogP contribution in [-0.2, 0) is 0 Å². The summed E-state index contributed by atoms with van der Waals surface area (Å²) >= 11 is 0. The molecule has 0 aromatic heterocycles. The van der Waals surface area contributed by atoms with Crippen LogP contribution in [0.15, 0.2) is 18.7 Å². The number of ketones is 1. The molecule has 0 saturated heterocycles. The summed E-state index contributed by atoms with van der Waals surface area (Å²) in [6.45, 7) is 9.30. The van der Waals surface area contributed by atoms with Crippen molar-refractivity contribution in [2.24, 2.45) is 0 Å². The molecule has 2 heteroatoms. The number of allylic oxidation sites excluding steroid dienone is 1. The average molecular weight is 204 g/mol. The minimum atomic E-state index is -0.0317. The van der Waals surface area contributed by atoms with E-state index in [9.17, 15) is 4.79 Å². The smallest absolute Gasteiger partial charge is 0.185 e. The zero-order valence-corrected chi connectivity index (χ0v) is 9.68. The highest BCUT2D eigenvalue weighted by atomic mass is 16.5. The van der Waals surface area contributed by atoms with Gasteiger partial charge in [0.1, 0.15) is 5.75 Å². The lowest BCUT2D eigenvalue weighted by Gasteiger charge is -2.13. The number of carbonyl (C=O) groups is 1. The third-order valence-corrected chi connectivity index (χ3v) is 2.70. The number of hydrogen-bond acceptors (Lipinski definition) is 2. The molecule has 0 aliphatic heterocycles. The molecule has 0 N–H and O–H groups in total. The number of methoxy groups -OCH3 is 1. The van der Waals surface area contributed by atoms with E-state index in [2.05, 4.69) is 6.58 Å². The number of aryl methyl sites for hydroxylation is 1. The van der Waals surface area contributed by atoms with Crippen LogP contribution in [-0.4, -0.2) is 12.9 Å². The normalized spacial score (nSPS) is 9.87. The number of rotatable bonds is 3. The molecule has 2 nitrogen and oxygen atoms in total. The van der Waals surface area contributed by atoms with Crippen LogP contribution in [0.25, 0.3) is 0 Å². The average Bonchev–Trinajstić information content (AvgIpc) is 2.23. The number of carbonyl (C=O) groups excluding carboxylic acids is 1. The molecule has 0 aliphatic rings. The lowest BCUT2D eigenvalue weighted by Crippen LogP contribution is -2.04. The molecular weight excluding hydrogens is 188 g/mol. The predicted molar refractivity (Wildman–Crippen MR) is 61.7 cm³/mol. The highest BCUT2D eigenvalue weighted by molar-refractivity contribution is 6.06. The van der Waals surface area contributed by atoms with Crippen molar-refractivity contribution >= 4 is 5.78 Å². The zero-order chi connectivity index (χ0) is 11.6. The molecule has 15 heavy (non-hydrogen) atoms. The van der Waals surface area contributed by atoms with Crippen LogP contribution in [0.1, 0.15) is 27.0 Å². The fourth-order valence-corrected chi connectivity index (χ4v) is 1.74. The van der Waals surface area contributed by atoms with E-state index < -0.39 is 0 Å². The van der Waals surface area contributed by atoms with Crippen molar-refractivity contribution < 1.29 is 9.53 Å². The second kappa shape index (κ2) is 4.30. The summed E-state index contributed by atoms with van der Waals surface area (Å²) in [5.41, 5.74) is 3.65. The van der Waals surface area contributed by atoms with Crippen molar-refractivity contribution in [2.75, 3.05) is 7.11 Å². The van der Waals surface area contributed by atoms with Gasteiger partial charge < -0.3 is 4.74 Å². The maximum Gasteiger partial charge on any atom is 0.185 e. The van der Waals surface area contributed by atoms with E-state index >= 15 is 0 Å². The molecule has 0 saturated carbocycles. The summed E-state index contributed by atoms with van der Waals surface area (Å²) in [7, 11) is 1.64. The second-order valence-corrected chi connectivity index (χ2v) is 3.59. The number of hydrogen-bond donors (Lipinski definition) is 0. The summed E-state index contributed by atoms with van der Waals surface area (Å²) in [6, 6.07) is 1.89. The number of benzene rings is 1. The van der Waals surface area contributed by atoms with E-state index in [0.29, 0.717) is 0 Å². The van der Waals surface area contributed by atoms with Gasteiger partial charge in [0.2, 0.25) is 0 Å². The molecular formula is C13H16O2. The molecule has 0 unspecified atom stereocenters. The molecule has 0 radical (unpaired) electrons. The Kier molecular flexibility index (Phi) is 3.30. The molecule has 0 bridgehead atoms. The molecule has 0 aliphatic carbocycles. The highest BCUT2D eigenvalue weighted by Crippen LogP contribution is 2.27. The van der Waals surface area contributed by atoms with Crippen LogP contribution in [0, 0.1) is 20.8 Å². The van der Waals surface area contributed by atoms with E-state index in [4.69, 9.17) is 4.74 Å². The Morgan fingerprint density at radius 3 is 2.40 bits per heavy atom. The Morgan fingerprint density at radius 2 is 1.93 bits per heavy atom. The van der Waals surface area contributed by atoms with Gasteiger partial charge in [-0.25, -0.2) is 0 Å². The minimum Gasteiger partial charge on any atom is -0.496 e. The first-order chi connectivity index (χ1) is 7.02. The van der Waals surface area contributed by atoms with Gasteiger partial charge in [-0.05, 0) is 49.6 Å². The minimum absolute atomic E-state index is 0.0317. The fourth-order valence-electron chi connectivity index (χ4n) is 1.74. The molecule has 1 aromatic carbocycles. The monoisotopic (exact) mass is 204 g/mol. The Hall–Kier alpha value is -1.57. The van der Waals surface area contributed by atoms with Crippen molar-refractivity contribution in [3.05, 3.63) is 41.0 Å².